The zero-order valence-corrected chi connectivity index (χ0v) is 11.9. The van der Waals surface area contributed by atoms with Crippen LogP contribution in [0.2, 0.25) is 0 Å². The molecule has 5 heteroatoms. The number of hydrogen-bond donors (Lipinski definition) is 2. The Morgan fingerprint density at radius 2 is 2.26 bits per heavy atom. The molecule has 0 aromatic heterocycles. The minimum Gasteiger partial charge on any atom is -0.389 e. The lowest BCUT2D eigenvalue weighted by Crippen LogP contribution is -2.21. The second-order valence-electron chi connectivity index (χ2n) is 5.12. The van der Waals surface area contributed by atoms with E-state index >= 15 is 0 Å². The number of anilines is 1. The molecule has 3 N–H and O–H groups in total. The molecule has 0 atom stereocenters. The Kier molecular flexibility index (Phi) is 4.37. The molecule has 0 amide bonds. The van der Waals surface area contributed by atoms with Gasteiger partial charge in [-0.1, -0.05) is 18.3 Å². The van der Waals surface area contributed by atoms with Gasteiger partial charge in [-0.15, -0.1) is 0 Å². The van der Waals surface area contributed by atoms with Gasteiger partial charge in [0.05, 0.1) is 5.56 Å². The quantitative estimate of drug-likeness (QED) is 0.755. The van der Waals surface area contributed by atoms with Crippen LogP contribution < -0.4 is 11.1 Å². The topological polar surface area (TPSA) is 47.3 Å². The summed E-state index contributed by atoms with van der Waals surface area (Å²) in [4.78, 5) is 0.0855. The predicted octanol–water partition coefficient (Wildman–Crippen LogP) is 2.69. The largest absolute Gasteiger partial charge is 0.389 e. The summed E-state index contributed by atoms with van der Waals surface area (Å²) in [6.07, 6.45) is 3.39. The minimum absolute atomic E-state index is 0.0855. The van der Waals surface area contributed by atoms with Crippen molar-refractivity contribution < 1.29 is 9.13 Å². The first-order valence-corrected chi connectivity index (χ1v) is 6.80. The maximum Gasteiger partial charge on any atom is 0.135 e. The Morgan fingerprint density at radius 3 is 2.84 bits per heavy atom. The van der Waals surface area contributed by atoms with E-state index in [9.17, 15) is 4.39 Å². The van der Waals surface area contributed by atoms with E-state index in [0.717, 1.165) is 19.6 Å². The molecule has 1 aromatic carbocycles. The molecule has 104 valence electrons. The summed E-state index contributed by atoms with van der Waals surface area (Å²) in [6, 6.07) is 4.84. The van der Waals surface area contributed by atoms with Gasteiger partial charge in [0.2, 0.25) is 0 Å². The molecule has 1 aliphatic carbocycles. The molecule has 1 aliphatic rings. The number of hydrogen-bond acceptors (Lipinski definition) is 3. The van der Waals surface area contributed by atoms with Gasteiger partial charge in [-0.25, -0.2) is 4.39 Å². The fraction of sp³-hybridized carbons (Fsp3) is 0.500. The Bertz CT molecular complexity index is 475. The van der Waals surface area contributed by atoms with E-state index in [1.807, 2.05) is 6.07 Å². The van der Waals surface area contributed by atoms with Crippen molar-refractivity contribution in [1.82, 2.24) is 0 Å². The van der Waals surface area contributed by atoms with Crippen LogP contribution in [0.3, 0.4) is 0 Å². The molecule has 0 aliphatic heterocycles. The van der Waals surface area contributed by atoms with Crippen LogP contribution in [0.1, 0.15) is 24.8 Å². The van der Waals surface area contributed by atoms with Crippen LogP contribution in [0.15, 0.2) is 18.2 Å². The molecule has 1 saturated carbocycles. The fourth-order valence-electron chi connectivity index (χ4n) is 2.22. The van der Waals surface area contributed by atoms with Gasteiger partial charge in [0.15, 0.2) is 0 Å². The van der Waals surface area contributed by atoms with Gasteiger partial charge in [-0.2, -0.15) is 0 Å². The predicted molar refractivity (Wildman–Crippen MR) is 78.9 cm³/mol. The normalized spacial score (nSPS) is 16.1. The van der Waals surface area contributed by atoms with Crippen LogP contribution in [0.5, 0.6) is 0 Å². The highest BCUT2D eigenvalue weighted by Gasteiger charge is 2.41. The van der Waals surface area contributed by atoms with Crippen LogP contribution in [-0.4, -0.2) is 25.2 Å². The third-order valence-corrected chi connectivity index (χ3v) is 3.91. The van der Waals surface area contributed by atoms with E-state index in [2.05, 4.69) is 5.32 Å². The third-order valence-electron chi connectivity index (χ3n) is 3.71. The van der Waals surface area contributed by atoms with Crippen molar-refractivity contribution >= 4 is 22.9 Å². The fourth-order valence-corrected chi connectivity index (χ4v) is 2.42. The summed E-state index contributed by atoms with van der Waals surface area (Å²) in [7, 11) is 1.71. The molecular weight excluding hydrogens is 263 g/mol. The van der Waals surface area contributed by atoms with E-state index in [1.165, 1.54) is 18.9 Å². The highest BCUT2D eigenvalue weighted by atomic mass is 32.1. The minimum atomic E-state index is -0.376. The number of thiocarbonyl (C=S) groups is 1. The lowest BCUT2D eigenvalue weighted by atomic mass is 10.0. The van der Waals surface area contributed by atoms with E-state index in [1.54, 1.807) is 13.2 Å². The van der Waals surface area contributed by atoms with E-state index in [-0.39, 0.29) is 16.2 Å². The zero-order chi connectivity index (χ0) is 13.9. The van der Waals surface area contributed by atoms with Crippen molar-refractivity contribution in [3.8, 4) is 0 Å². The molecule has 1 aromatic rings. The van der Waals surface area contributed by atoms with Crippen LogP contribution in [-0.2, 0) is 4.74 Å². The Morgan fingerprint density at radius 1 is 1.53 bits per heavy atom. The summed E-state index contributed by atoms with van der Waals surface area (Å²) < 4.78 is 18.8. The first-order valence-electron chi connectivity index (χ1n) is 6.39. The molecule has 0 bridgehead atoms. The average molecular weight is 282 g/mol. The molecule has 0 radical (unpaired) electrons. The van der Waals surface area contributed by atoms with Crippen molar-refractivity contribution in [2.45, 2.75) is 19.3 Å². The summed E-state index contributed by atoms with van der Waals surface area (Å²) in [6.45, 7) is 1.56. The number of benzene rings is 1. The van der Waals surface area contributed by atoms with Crippen LogP contribution in [0.4, 0.5) is 10.1 Å². The van der Waals surface area contributed by atoms with Crippen LogP contribution >= 0.6 is 12.2 Å². The molecule has 2 rings (SSSR count). The third kappa shape index (κ3) is 3.42. The Hall–Kier alpha value is -1.20. The van der Waals surface area contributed by atoms with Crippen molar-refractivity contribution in [2.24, 2.45) is 11.1 Å². The first-order chi connectivity index (χ1) is 9.08. The first kappa shape index (κ1) is 14.2. The Balaban J connectivity index is 2.04. The lowest BCUT2D eigenvalue weighted by Gasteiger charge is -2.18. The molecule has 0 heterocycles. The molecule has 0 spiro atoms. The van der Waals surface area contributed by atoms with Gasteiger partial charge >= 0.3 is 0 Å². The van der Waals surface area contributed by atoms with Crippen molar-refractivity contribution in [2.75, 3.05) is 25.6 Å². The SMILES string of the molecule is COCCC1(CNc2cccc(F)c2C(N)=S)CC1. The molecular formula is C14H19FN2OS. The maximum atomic E-state index is 13.7. The maximum absolute atomic E-state index is 13.7. The Labute approximate surface area is 118 Å². The molecule has 0 unspecified atom stereocenters. The number of methoxy groups -OCH3 is 1. The smallest absolute Gasteiger partial charge is 0.135 e. The van der Waals surface area contributed by atoms with E-state index in [0.29, 0.717) is 11.3 Å². The molecule has 0 saturated heterocycles. The standard InChI is InChI=1S/C14H19FN2OS/c1-18-8-7-14(5-6-14)9-17-11-4-2-3-10(15)12(11)13(16)19/h2-4,17H,5-9H2,1H3,(H2,16,19). The second-order valence-corrected chi connectivity index (χ2v) is 5.56. The van der Waals surface area contributed by atoms with Gasteiger partial charge < -0.3 is 15.8 Å². The summed E-state index contributed by atoms with van der Waals surface area (Å²) in [5.74, 6) is -0.376. The molecule has 19 heavy (non-hydrogen) atoms. The van der Waals surface area contributed by atoms with Gasteiger partial charge in [-0.3, -0.25) is 0 Å². The summed E-state index contributed by atoms with van der Waals surface area (Å²) in [5, 5.41) is 3.28. The highest BCUT2D eigenvalue weighted by molar-refractivity contribution is 7.80. The number of ether oxygens (including phenoxy) is 1. The van der Waals surface area contributed by atoms with Crippen molar-refractivity contribution in [3.63, 3.8) is 0 Å². The lowest BCUT2D eigenvalue weighted by molar-refractivity contribution is 0.175. The van der Waals surface area contributed by atoms with Gasteiger partial charge in [0.1, 0.15) is 10.8 Å². The second kappa shape index (κ2) is 5.84. The zero-order valence-electron chi connectivity index (χ0n) is 11.0. The highest BCUT2D eigenvalue weighted by Crippen LogP contribution is 2.48. The van der Waals surface area contributed by atoms with Gasteiger partial charge in [-0.05, 0) is 36.8 Å². The van der Waals surface area contributed by atoms with E-state index in [4.69, 9.17) is 22.7 Å². The number of nitrogens with two attached hydrogens (primary N) is 1. The summed E-state index contributed by atoms with van der Waals surface area (Å²) >= 11 is 4.91. The molecule has 1 fully saturated rings. The van der Waals surface area contributed by atoms with Crippen molar-refractivity contribution in [3.05, 3.63) is 29.6 Å². The number of rotatable bonds is 7. The number of halogens is 1. The molecule has 3 nitrogen and oxygen atoms in total. The average Bonchev–Trinajstić information content (AvgIpc) is 3.14. The monoisotopic (exact) mass is 282 g/mol. The van der Waals surface area contributed by atoms with Crippen LogP contribution in [0, 0.1) is 11.2 Å². The van der Waals surface area contributed by atoms with Crippen LogP contribution in [0.25, 0.3) is 0 Å². The van der Waals surface area contributed by atoms with Crippen molar-refractivity contribution in [1.29, 1.82) is 0 Å². The summed E-state index contributed by atoms with van der Waals surface area (Å²) in [5.41, 5.74) is 6.85. The van der Waals surface area contributed by atoms with E-state index < -0.39 is 0 Å². The number of nitrogens with one attached hydrogen (secondary N) is 1. The van der Waals surface area contributed by atoms with Gasteiger partial charge in [0, 0.05) is 25.9 Å². The van der Waals surface area contributed by atoms with Gasteiger partial charge in [0.25, 0.3) is 0 Å².